The van der Waals surface area contributed by atoms with E-state index < -0.39 is 0 Å². The maximum atomic E-state index is 4.23. The Hall–Kier alpha value is -0.370. The van der Waals surface area contributed by atoms with Gasteiger partial charge in [-0.2, -0.15) is 0 Å². The van der Waals surface area contributed by atoms with Crippen LogP contribution in [0.3, 0.4) is 0 Å². The van der Waals surface area contributed by atoms with Crippen LogP contribution < -0.4 is 0 Å². The Morgan fingerprint density at radius 1 is 1.18 bits per heavy atom. The molecule has 0 saturated carbocycles. The van der Waals surface area contributed by atoms with Crippen molar-refractivity contribution in [3.63, 3.8) is 0 Å². The number of halogens is 1. The number of pyridine rings is 1. The SMILES string of the molecule is CC.Cc1ccc(Br)c(C)n1. The number of aromatic nitrogens is 1. The van der Waals surface area contributed by atoms with Gasteiger partial charge in [-0.3, -0.25) is 4.98 Å². The maximum Gasteiger partial charge on any atom is 0.0517 e. The smallest absolute Gasteiger partial charge is 0.0517 e. The molecule has 0 spiro atoms. The third kappa shape index (κ3) is 3.51. The van der Waals surface area contributed by atoms with Crippen molar-refractivity contribution in [1.29, 1.82) is 0 Å². The van der Waals surface area contributed by atoms with E-state index in [1.165, 1.54) is 0 Å². The summed E-state index contributed by atoms with van der Waals surface area (Å²) >= 11 is 3.37. The minimum Gasteiger partial charge on any atom is -0.257 e. The van der Waals surface area contributed by atoms with Crippen LogP contribution >= 0.6 is 15.9 Å². The average Bonchev–Trinajstić information content (AvgIpc) is 2.02. The Labute approximate surface area is 77.0 Å². The van der Waals surface area contributed by atoms with Crippen molar-refractivity contribution in [1.82, 2.24) is 4.98 Å². The van der Waals surface area contributed by atoms with Gasteiger partial charge in [-0.1, -0.05) is 13.8 Å². The summed E-state index contributed by atoms with van der Waals surface area (Å²) in [5.41, 5.74) is 2.12. The zero-order chi connectivity index (χ0) is 8.85. The lowest BCUT2D eigenvalue weighted by Crippen LogP contribution is -1.84. The summed E-state index contributed by atoms with van der Waals surface area (Å²) in [6, 6.07) is 3.99. The van der Waals surface area contributed by atoms with Crippen LogP contribution in [-0.4, -0.2) is 4.98 Å². The van der Waals surface area contributed by atoms with E-state index in [4.69, 9.17) is 0 Å². The van der Waals surface area contributed by atoms with E-state index in [1.54, 1.807) is 0 Å². The zero-order valence-corrected chi connectivity index (χ0v) is 9.07. The fourth-order valence-electron chi connectivity index (χ4n) is 0.670. The molecule has 1 rings (SSSR count). The molecule has 0 amide bonds. The number of rotatable bonds is 0. The van der Waals surface area contributed by atoms with Gasteiger partial charge >= 0.3 is 0 Å². The zero-order valence-electron chi connectivity index (χ0n) is 7.48. The van der Waals surface area contributed by atoms with Gasteiger partial charge in [-0.25, -0.2) is 0 Å². The van der Waals surface area contributed by atoms with Crippen LogP contribution in [0.25, 0.3) is 0 Å². The summed E-state index contributed by atoms with van der Waals surface area (Å²) in [6.45, 7) is 7.97. The van der Waals surface area contributed by atoms with E-state index in [-0.39, 0.29) is 0 Å². The predicted molar refractivity (Wildman–Crippen MR) is 52.8 cm³/mol. The van der Waals surface area contributed by atoms with Crippen LogP contribution in [0.2, 0.25) is 0 Å². The van der Waals surface area contributed by atoms with Gasteiger partial charge in [0, 0.05) is 10.2 Å². The van der Waals surface area contributed by atoms with Gasteiger partial charge in [0.15, 0.2) is 0 Å². The summed E-state index contributed by atoms with van der Waals surface area (Å²) in [5.74, 6) is 0. The Kier molecular flexibility index (Phi) is 5.12. The molecule has 0 aliphatic carbocycles. The van der Waals surface area contributed by atoms with Crippen LogP contribution in [0.1, 0.15) is 25.2 Å². The lowest BCUT2D eigenvalue weighted by Gasteiger charge is -1.95. The first-order valence-electron chi connectivity index (χ1n) is 3.80. The molecule has 0 fully saturated rings. The molecule has 11 heavy (non-hydrogen) atoms. The summed E-state index contributed by atoms with van der Waals surface area (Å²) < 4.78 is 1.08. The summed E-state index contributed by atoms with van der Waals surface area (Å²) in [6.07, 6.45) is 0. The molecule has 0 bridgehead atoms. The molecule has 0 radical (unpaired) electrons. The van der Waals surface area contributed by atoms with Crippen LogP contribution in [0.5, 0.6) is 0 Å². The molecule has 0 atom stereocenters. The molecular formula is C9H14BrN. The van der Waals surface area contributed by atoms with Gasteiger partial charge < -0.3 is 0 Å². The van der Waals surface area contributed by atoms with Gasteiger partial charge in [0.1, 0.15) is 0 Å². The van der Waals surface area contributed by atoms with E-state index in [0.29, 0.717) is 0 Å². The number of aryl methyl sites for hydroxylation is 2. The fraction of sp³-hybridized carbons (Fsp3) is 0.444. The Morgan fingerprint density at radius 3 is 2.09 bits per heavy atom. The summed E-state index contributed by atoms with van der Waals surface area (Å²) in [4.78, 5) is 4.23. The van der Waals surface area contributed by atoms with Gasteiger partial charge in [-0.05, 0) is 41.9 Å². The van der Waals surface area contributed by atoms with E-state index in [2.05, 4.69) is 20.9 Å². The Bertz CT molecular complexity index is 221. The van der Waals surface area contributed by atoms with Crippen LogP contribution in [-0.2, 0) is 0 Å². The fourth-order valence-corrected chi connectivity index (χ4v) is 0.890. The van der Waals surface area contributed by atoms with Crippen molar-refractivity contribution in [2.45, 2.75) is 27.7 Å². The molecule has 0 unspecified atom stereocenters. The Morgan fingerprint density at radius 2 is 1.73 bits per heavy atom. The third-order valence-corrected chi connectivity index (χ3v) is 2.00. The third-order valence-electron chi connectivity index (χ3n) is 1.16. The van der Waals surface area contributed by atoms with E-state index in [9.17, 15) is 0 Å². The molecule has 0 N–H and O–H groups in total. The minimum atomic E-state index is 1.05. The predicted octanol–water partition coefficient (Wildman–Crippen LogP) is 3.49. The van der Waals surface area contributed by atoms with E-state index >= 15 is 0 Å². The topological polar surface area (TPSA) is 12.9 Å². The van der Waals surface area contributed by atoms with Crippen molar-refractivity contribution in [3.05, 3.63) is 28.0 Å². The monoisotopic (exact) mass is 215 g/mol. The van der Waals surface area contributed by atoms with Crippen molar-refractivity contribution in [2.24, 2.45) is 0 Å². The first-order chi connectivity index (χ1) is 5.20. The highest BCUT2D eigenvalue weighted by molar-refractivity contribution is 9.10. The van der Waals surface area contributed by atoms with Crippen molar-refractivity contribution in [3.8, 4) is 0 Å². The van der Waals surface area contributed by atoms with Crippen molar-refractivity contribution < 1.29 is 0 Å². The molecule has 2 heteroatoms. The molecule has 0 aliphatic heterocycles. The molecule has 1 aromatic heterocycles. The second-order valence-electron chi connectivity index (χ2n) is 2.02. The highest BCUT2D eigenvalue weighted by Gasteiger charge is 1.92. The maximum absolute atomic E-state index is 4.23. The number of hydrogen-bond acceptors (Lipinski definition) is 1. The lowest BCUT2D eigenvalue weighted by molar-refractivity contribution is 1.11. The van der Waals surface area contributed by atoms with Gasteiger partial charge in [-0.15, -0.1) is 0 Å². The van der Waals surface area contributed by atoms with Crippen molar-refractivity contribution >= 4 is 15.9 Å². The number of nitrogens with zero attached hydrogens (tertiary/aromatic N) is 1. The summed E-state index contributed by atoms with van der Waals surface area (Å²) in [5, 5.41) is 0. The molecule has 0 aliphatic rings. The quantitative estimate of drug-likeness (QED) is 0.646. The molecule has 62 valence electrons. The first-order valence-corrected chi connectivity index (χ1v) is 4.59. The molecule has 1 nitrogen and oxygen atoms in total. The van der Waals surface area contributed by atoms with Gasteiger partial charge in [0.2, 0.25) is 0 Å². The normalized spacial score (nSPS) is 8.45. The van der Waals surface area contributed by atoms with Crippen molar-refractivity contribution in [2.75, 3.05) is 0 Å². The molecule has 1 aromatic rings. The van der Waals surface area contributed by atoms with Crippen LogP contribution in [0, 0.1) is 13.8 Å². The second kappa shape index (κ2) is 5.30. The largest absolute Gasteiger partial charge is 0.257 e. The molecule has 1 heterocycles. The first kappa shape index (κ1) is 10.6. The molecular weight excluding hydrogens is 202 g/mol. The lowest BCUT2D eigenvalue weighted by atomic mass is 10.3. The Balaban J connectivity index is 0.000000461. The minimum absolute atomic E-state index is 1.05. The molecule has 0 saturated heterocycles. The van der Waals surface area contributed by atoms with Gasteiger partial charge in [0.25, 0.3) is 0 Å². The van der Waals surface area contributed by atoms with Crippen LogP contribution in [0.4, 0.5) is 0 Å². The number of hydrogen-bond donors (Lipinski definition) is 0. The second-order valence-corrected chi connectivity index (χ2v) is 2.87. The van der Waals surface area contributed by atoms with Crippen LogP contribution in [0.15, 0.2) is 16.6 Å². The average molecular weight is 216 g/mol. The van der Waals surface area contributed by atoms with E-state index in [1.807, 2.05) is 39.8 Å². The van der Waals surface area contributed by atoms with E-state index in [0.717, 1.165) is 15.9 Å². The standard InChI is InChI=1S/C7H8BrN.C2H6/c1-5-3-4-7(8)6(2)9-5;1-2/h3-4H,1-2H3;1-2H3. The highest BCUT2D eigenvalue weighted by atomic mass is 79.9. The highest BCUT2D eigenvalue weighted by Crippen LogP contribution is 2.12. The summed E-state index contributed by atoms with van der Waals surface area (Å²) in [7, 11) is 0. The molecule has 0 aromatic carbocycles. The van der Waals surface area contributed by atoms with Gasteiger partial charge in [0.05, 0.1) is 5.69 Å².